The fraction of sp³-hybridized carbons (Fsp3) is 0.200. The van der Waals surface area contributed by atoms with E-state index in [9.17, 15) is 13.2 Å². The van der Waals surface area contributed by atoms with Gasteiger partial charge < -0.3 is 16.0 Å². The molecular weight excluding hydrogens is 307 g/mol. The highest BCUT2D eigenvalue weighted by Gasteiger charge is 2.29. The molecule has 2 rings (SSSR count). The third kappa shape index (κ3) is 4.60. The number of aromatic nitrogens is 1. The van der Waals surface area contributed by atoms with E-state index in [1.165, 1.54) is 12.1 Å². The molecule has 0 atom stereocenters. The molecule has 2 aromatic rings. The first-order valence-corrected chi connectivity index (χ1v) is 6.82. The third-order valence-electron chi connectivity index (χ3n) is 3.09. The lowest BCUT2D eigenvalue weighted by Gasteiger charge is -2.11. The molecule has 0 saturated carbocycles. The van der Waals surface area contributed by atoms with Gasteiger partial charge in [-0.15, -0.1) is 5.10 Å². The van der Waals surface area contributed by atoms with Crippen molar-refractivity contribution in [3.8, 4) is 5.69 Å². The monoisotopic (exact) mass is 323 g/mol. The van der Waals surface area contributed by atoms with Gasteiger partial charge in [0, 0.05) is 23.8 Å². The van der Waals surface area contributed by atoms with Gasteiger partial charge in [-0.2, -0.15) is 18.3 Å². The summed E-state index contributed by atoms with van der Waals surface area (Å²) in [4.78, 5) is 0. The highest BCUT2D eigenvalue weighted by atomic mass is 19.4. The van der Waals surface area contributed by atoms with Gasteiger partial charge in [0.15, 0.2) is 0 Å². The topological polar surface area (TPSA) is 81.7 Å². The molecule has 8 heteroatoms. The van der Waals surface area contributed by atoms with Crippen LogP contribution >= 0.6 is 0 Å². The predicted octanol–water partition coefficient (Wildman–Crippen LogP) is 2.69. The van der Waals surface area contributed by atoms with Crippen molar-refractivity contribution in [1.82, 2.24) is 4.57 Å². The zero-order chi connectivity index (χ0) is 16.9. The molecule has 23 heavy (non-hydrogen) atoms. The van der Waals surface area contributed by atoms with Crippen molar-refractivity contribution in [1.29, 1.82) is 0 Å². The number of aryl methyl sites for hydroxylation is 1. The van der Waals surface area contributed by atoms with Crippen molar-refractivity contribution in [2.75, 3.05) is 0 Å². The Bertz CT molecular complexity index is 695. The summed E-state index contributed by atoms with van der Waals surface area (Å²) < 4.78 is 39.6. The molecule has 122 valence electrons. The second-order valence-corrected chi connectivity index (χ2v) is 4.78. The van der Waals surface area contributed by atoms with Gasteiger partial charge in [-0.25, -0.2) is 0 Å². The van der Waals surface area contributed by atoms with Gasteiger partial charge in [0.2, 0.25) is 5.96 Å². The summed E-state index contributed by atoms with van der Waals surface area (Å²) in [7, 11) is 0. The van der Waals surface area contributed by atoms with Crippen LogP contribution in [0.15, 0.2) is 52.8 Å². The molecule has 1 aromatic heterocycles. The zero-order valence-corrected chi connectivity index (χ0v) is 12.2. The molecule has 0 aliphatic carbocycles. The lowest BCUT2D eigenvalue weighted by atomic mass is 10.2. The van der Waals surface area contributed by atoms with Crippen molar-refractivity contribution in [3.05, 3.63) is 53.9 Å². The summed E-state index contributed by atoms with van der Waals surface area (Å²) in [6, 6.07) is 8.75. The summed E-state index contributed by atoms with van der Waals surface area (Å²) in [6.45, 7) is 0. The van der Waals surface area contributed by atoms with Gasteiger partial charge in [-0.1, -0.05) is 0 Å². The Kier molecular flexibility index (Phi) is 5.05. The van der Waals surface area contributed by atoms with Gasteiger partial charge in [0.05, 0.1) is 5.56 Å². The highest BCUT2D eigenvalue weighted by Crippen LogP contribution is 2.29. The predicted molar refractivity (Wildman–Crippen MR) is 83.4 cm³/mol. The molecule has 0 spiro atoms. The van der Waals surface area contributed by atoms with E-state index in [1.807, 2.05) is 16.7 Å². The zero-order valence-electron chi connectivity index (χ0n) is 12.2. The van der Waals surface area contributed by atoms with E-state index in [1.54, 1.807) is 12.4 Å². The van der Waals surface area contributed by atoms with Crippen LogP contribution in [0, 0.1) is 0 Å². The Morgan fingerprint density at radius 2 is 1.83 bits per heavy atom. The maximum Gasteiger partial charge on any atom is 0.416 e. The smallest absolute Gasteiger partial charge is 0.369 e. The van der Waals surface area contributed by atoms with Crippen LogP contribution in [0.3, 0.4) is 0 Å². The largest absolute Gasteiger partial charge is 0.416 e. The number of alkyl halides is 3. The van der Waals surface area contributed by atoms with Crippen LogP contribution in [-0.2, 0) is 12.6 Å². The lowest BCUT2D eigenvalue weighted by Crippen LogP contribution is -2.21. The van der Waals surface area contributed by atoms with E-state index in [2.05, 4.69) is 10.2 Å². The first kappa shape index (κ1) is 16.6. The molecule has 1 aromatic carbocycles. The van der Waals surface area contributed by atoms with E-state index in [0.29, 0.717) is 18.5 Å². The molecule has 0 bridgehead atoms. The number of rotatable bonds is 5. The van der Waals surface area contributed by atoms with E-state index in [0.717, 1.165) is 17.8 Å². The van der Waals surface area contributed by atoms with E-state index >= 15 is 0 Å². The minimum Gasteiger partial charge on any atom is -0.369 e. The molecule has 0 aliphatic rings. The van der Waals surface area contributed by atoms with Crippen LogP contribution in [0.5, 0.6) is 0 Å². The highest BCUT2D eigenvalue weighted by molar-refractivity contribution is 5.76. The maximum absolute atomic E-state index is 12.6. The van der Waals surface area contributed by atoms with E-state index in [4.69, 9.17) is 11.5 Å². The van der Waals surface area contributed by atoms with Crippen LogP contribution in [0.2, 0.25) is 0 Å². The minimum absolute atomic E-state index is 0.116. The third-order valence-corrected chi connectivity index (χ3v) is 3.09. The summed E-state index contributed by atoms with van der Waals surface area (Å²) in [5.74, 6) is -0.116. The van der Waals surface area contributed by atoms with Crippen molar-refractivity contribution in [2.45, 2.75) is 19.0 Å². The summed E-state index contributed by atoms with van der Waals surface area (Å²) in [5.41, 5.74) is 11.2. The fourth-order valence-electron chi connectivity index (χ4n) is 2.06. The van der Waals surface area contributed by atoms with Crippen molar-refractivity contribution in [2.24, 2.45) is 21.7 Å². The second-order valence-electron chi connectivity index (χ2n) is 4.78. The summed E-state index contributed by atoms with van der Waals surface area (Å²) in [6.07, 6.45) is 0.285. The summed E-state index contributed by atoms with van der Waals surface area (Å²) >= 11 is 0. The molecule has 0 fully saturated rings. The van der Waals surface area contributed by atoms with Crippen LogP contribution < -0.4 is 11.5 Å². The quantitative estimate of drug-likeness (QED) is 0.504. The molecule has 0 saturated heterocycles. The Morgan fingerprint density at radius 1 is 1.13 bits per heavy atom. The second kappa shape index (κ2) is 6.99. The Hall–Kier alpha value is -2.77. The minimum atomic E-state index is -4.33. The molecule has 0 aliphatic heterocycles. The molecule has 0 amide bonds. The first-order chi connectivity index (χ1) is 10.9. The van der Waals surface area contributed by atoms with Gasteiger partial charge in [0.1, 0.15) is 0 Å². The first-order valence-electron chi connectivity index (χ1n) is 6.82. The van der Waals surface area contributed by atoms with Gasteiger partial charge in [-0.05, 0) is 49.2 Å². The number of guanidine groups is 1. The van der Waals surface area contributed by atoms with Gasteiger partial charge in [0.25, 0.3) is 0 Å². The SMILES string of the molecule is NC(N)=NN=CCCc1cccn1-c1ccc(C(F)(F)F)cc1. The molecule has 1 heterocycles. The van der Waals surface area contributed by atoms with Crippen LogP contribution in [0.25, 0.3) is 5.69 Å². The van der Waals surface area contributed by atoms with Crippen molar-refractivity contribution < 1.29 is 13.2 Å². The average molecular weight is 323 g/mol. The molecule has 5 nitrogen and oxygen atoms in total. The number of hydrogen-bond acceptors (Lipinski definition) is 2. The van der Waals surface area contributed by atoms with E-state index in [-0.39, 0.29) is 5.96 Å². The van der Waals surface area contributed by atoms with Crippen LogP contribution in [0.4, 0.5) is 13.2 Å². The normalized spacial score (nSPS) is 11.8. The Balaban J connectivity index is 2.09. The van der Waals surface area contributed by atoms with Gasteiger partial charge >= 0.3 is 6.18 Å². The average Bonchev–Trinajstić information content (AvgIpc) is 2.94. The number of benzene rings is 1. The Morgan fingerprint density at radius 3 is 2.43 bits per heavy atom. The standard InChI is InChI=1S/C15H16F3N5/c16-15(17,18)11-5-7-13(8-6-11)23-10-2-4-12(23)3-1-9-21-22-14(19)20/h2,4-10H,1,3H2,(H4,19,20,22). The number of hydrogen-bond donors (Lipinski definition) is 2. The van der Waals surface area contributed by atoms with Crippen molar-refractivity contribution >= 4 is 12.2 Å². The summed E-state index contributed by atoms with van der Waals surface area (Å²) in [5, 5.41) is 7.18. The number of nitrogens with two attached hydrogens (primary N) is 2. The maximum atomic E-state index is 12.6. The molecule has 0 unspecified atom stereocenters. The fourth-order valence-corrected chi connectivity index (χ4v) is 2.06. The number of nitrogens with zero attached hydrogens (tertiary/aromatic N) is 3. The van der Waals surface area contributed by atoms with E-state index < -0.39 is 11.7 Å². The van der Waals surface area contributed by atoms with Gasteiger partial charge in [-0.3, -0.25) is 0 Å². The molecule has 4 N–H and O–H groups in total. The van der Waals surface area contributed by atoms with Crippen LogP contribution in [-0.4, -0.2) is 16.7 Å². The Labute approximate surface area is 131 Å². The number of halogens is 3. The van der Waals surface area contributed by atoms with Crippen molar-refractivity contribution in [3.63, 3.8) is 0 Å². The molecule has 0 radical (unpaired) electrons. The van der Waals surface area contributed by atoms with Crippen LogP contribution in [0.1, 0.15) is 17.7 Å². The lowest BCUT2D eigenvalue weighted by molar-refractivity contribution is -0.137. The molecular formula is C15H16F3N5.